The van der Waals surface area contributed by atoms with E-state index in [1.165, 1.54) is 5.56 Å². The summed E-state index contributed by atoms with van der Waals surface area (Å²) in [6.07, 6.45) is 6.55. The van der Waals surface area contributed by atoms with Crippen molar-refractivity contribution in [2.24, 2.45) is 0 Å². The van der Waals surface area contributed by atoms with E-state index in [4.69, 9.17) is 16.3 Å². The Balaban J connectivity index is 1.91. The predicted octanol–water partition coefficient (Wildman–Crippen LogP) is 2.74. The van der Waals surface area contributed by atoms with E-state index in [9.17, 15) is 0 Å². The lowest BCUT2D eigenvalue weighted by atomic mass is 10.1. The molecule has 1 aromatic heterocycles. The molecule has 0 aliphatic carbocycles. The standard InChI is InChI=1S/C13H15ClN2O/c14-5-9-17-13-3-1-2-12(10-13)4-7-16-8-6-15-11-16/h1-3,6,8,10-11H,4-5,7,9H2. The summed E-state index contributed by atoms with van der Waals surface area (Å²) in [4.78, 5) is 4.02. The lowest BCUT2D eigenvalue weighted by molar-refractivity contribution is 0.342. The number of ether oxygens (including phenoxy) is 1. The summed E-state index contributed by atoms with van der Waals surface area (Å²) < 4.78 is 7.54. The van der Waals surface area contributed by atoms with Crippen molar-refractivity contribution in [3.8, 4) is 5.75 Å². The van der Waals surface area contributed by atoms with Crippen molar-refractivity contribution in [1.82, 2.24) is 9.55 Å². The molecule has 1 heterocycles. The van der Waals surface area contributed by atoms with Gasteiger partial charge in [0, 0.05) is 18.9 Å². The number of aryl methyl sites for hydroxylation is 2. The van der Waals surface area contributed by atoms with Gasteiger partial charge in [-0.3, -0.25) is 0 Å². The van der Waals surface area contributed by atoms with Crippen LogP contribution < -0.4 is 4.74 Å². The Morgan fingerprint density at radius 1 is 1.35 bits per heavy atom. The average molecular weight is 251 g/mol. The monoisotopic (exact) mass is 250 g/mol. The average Bonchev–Trinajstić information content (AvgIpc) is 2.87. The molecule has 2 rings (SSSR count). The molecule has 0 saturated carbocycles. The summed E-state index contributed by atoms with van der Waals surface area (Å²) in [5.41, 5.74) is 1.26. The molecule has 0 N–H and O–H groups in total. The molecular weight excluding hydrogens is 236 g/mol. The highest BCUT2D eigenvalue weighted by molar-refractivity contribution is 6.17. The third-order valence-electron chi connectivity index (χ3n) is 2.46. The molecular formula is C13H15ClN2O. The number of aromatic nitrogens is 2. The van der Waals surface area contributed by atoms with Gasteiger partial charge in [-0.25, -0.2) is 4.98 Å². The number of hydrogen-bond donors (Lipinski definition) is 0. The normalized spacial score (nSPS) is 10.4. The summed E-state index contributed by atoms with van der Waals surface area (Å²) >= 11 is 5.58. The second-order valence-electron chi connectivity index (χ2n) is 3.74. The molecule has 0 atom stereocenters. The van der Waals surface area contributed by atoms with Crippen LogP contribution in [0.3, 0.4) is 0 Å². The summed E-state index contributed by atoms with van der Waals surface area (Å²) in [7, 11) is 0. The van der Waals surface area contributed by atoms with Crippen molar-refractivity contribution in [3.63, 3.8) is 0 Å². The van der Waals surface area contributed by atoms with Crippen LogP contribution in [0.2, 0.25) is 0 Å². The Morgan fingerprint density at radius 3 is 3.06 bits per heavy atom. The van der Waals surface area contributed by atoms with Crippen LogP contribution in [0.25, 0.3) is 0 Å². The minimum absolute atomic E-state index is 0.513. The summed E-state index contributed by atoms with van der Waals surface area (Å²) in [6.45, 7) is 1.48. The maximum absolute atomic E-state index is 5.58. The maximum atomic E-state index is 5.58. The molecule has 2 aromatic rings. The SMILES string of the molecule is ClCCOc1cccc(CCn2ccnc2)c1. The lowest BCUT2D eigenvalue weighted by Gasteiger charge is -2.07. The van der Waals surface area contributed by atoms with E-state index in [1.54, 1.807) is 6.20 Å². The Bertz CT molecular complexity index is 442. The molecule has 0 aliphatic rings. The molecule has 0 amide bonds. The molecule has 0 unspecified atom stereocenters. The highest BCUT2D eigenvalue weighted by Crippen LogP contribution is 2.14. The highest BCUT2D eigenvalue weighted by atomic mass is 35.5. The van der Waals surface area contributed by atoms with Crippen LogP contribution in [0, 0.1) is 0 Å². The van der Waals surface area contributed by atoms with E-state index in [0.29, 0.717) is 12.5 Å². The highest BCUT2D eigenvalue weighted by Gasteiger charge is 1.98. The van der Waals surface area contributed by atoms with Gasteiger partial charge in [0.15, 0.2) is 0 Å². The van der Waals surface area contributed by atoms with Gasteiger partial charge in [0.1, 0.15) is 12.4 Å². The van der Waals surface area contributed by atoms with Crippen molar-refractivity contribution in [3.05, 3.63) is 48.5 Å². The fourth-order valence-electron chi connectivity index (χ4n) is 1.62. The Morgan fingerprint density at radius 2 is 2.29 bits per heavy atom. The summed E-state index contributed by atoms with van der Waals surface area (Å²) in [5.74, 6) is 1.40. The van der Waals surface area contributed by atoms with Gasteiger partial charge >= 0.3 is 0 Å². The first-order chi connectivity index (χ1) is 8.38. The predicted molar refractivity (Wildman–Crippen MR) is 68.6 cm³/mol. The Kier molecular flexibility index (Phi) is 4.45. The molecule has 3 nitrogen and oxygen atoms in total. The van der Waals surface area contributed by atoms with Crippen LogP contribution in [-0.2, 0) is 13.0 Å². The molecule has 0 fully saturated rings. The van der Waals surface area contributed by atoms with E-state index < -0.39 is 0 Å². The van der Waals surface area contributed by atoms with Crippen LogP contribution in [0.1, 0.15) is 5.56 Å². The molecule has 0 radical (unpaired) electrons. The van der Waals surface area contributed by atoms with Gasteiger partial charge in [-0.2, -0.15) is 0 Å². The van der Waals surface area contributed by atoms with Crippen LogP contribution in [-0.4, -0.2) is 22.0 Å². The molecule has 90 valence electrons. The number of hydrogen-bond acceptors (Lipinski definition) is 2. The van der Waals surface area contributed by atoms with Crippen molar-refractivity contribution >= 4 is 11.6 Å². The number of halogens is 1. The lowest BCUT2D eigenvalue weighted by Crippen LogP contribution is -2.00. The number of benzene rings is 1. The fourth-order valence-corrected chi connectivity index (χ4v) is 1.70. The molecule has 1 aromatic carbocycles. The fraction of sp³-hybridized carbons (Fsp3) is 0.308. The van der Waals surface area contributed by atoms with Crippen LogP contribution in [0.15, 0.2) is 43.0 Å². The number of nitrogens with zero attached hydrogens (tertiary/aromatic N) is 2. The van der Waals surface area contributed by atoms with Crippen LogP contribution >= 0.6 is 11.6 Å². The zero-order chi connectivity index (χ0) is 11.9. The second kappa shape index (κ2) is 6.30. The van der Waals surface area contributed by atoms with E-state index >= 15 is 0 Å². The van der Waals surface area contributed by atoms with Crippen molar-refractivity contribution < 1.29 is 4.74 Å². The zero-order valence-corrected chi connectivity index (χ0v) is 10.3. The quantitative estimate of drug-likeness (QED) is 0.737. The summed E-state index contributed by atoms with van der Waals surface area (Å²) in [6, 6.07) is 8.12. The first-order valence-corrected chi connectivity index (χ1v) is 6.15. The molecule has 4 heteroatoms. The molecule has 0 bridgehead atoms. The third kappa shape index (κ3) is 3.79. The van der Waals surface area contributed by atoms with Crippen LogP contribution in [0.5, 0.6) is 5.75 Å². The Hall–Kier alpha value is -1.48. The van der Waals surface area contributed by atoms with E-state index in [0.717, 1.165) is 18.7 Å². The van der Waals surface area contributed by atoms with Gasteiger partial charge in [-0.05, 0) is 24.1 Å². The summed E-state index contributed by atoms with van der Waals surface area (Å²) in [5, 5.41) is 0. The zero-order valence-electron chi connectivity index (χ0n) is 9.55. The first-order valence-electron chi connectivity index (χ1n) is 5.62. The van der Waals surface area contributed by atoms with Gasteiger partial charge in [-0.1, -0.05) is 12.1 Å². The molecule has 0 saturated heterocycles. The first kappa shape index (κ1) is 12.0. The van der Waals surface area contributed by atoms with Crippen molar-refractivity contribution in [2.45, 2.75) is 13.0 Å². The topological polar surface area (TPSA) is 27.1 Å². The molecule has 0 aliphatic heterocycles. The largest absolute Gasteiger partial charge is 0.492 e. The maximum Gasteiger partial charge on any atom is 0.119 e. The minimum Gasteiger partial charge on any atom is -0.492 e. The number of alkyl halides is 1. The van der Waals surface area contributed by atoms with Gasteiger partial charge in [0.05, 0.1) is 12.2 Å². The second-order valence-corrected chi connectivity index (χ2v) is 4.11. The minimum atomic E-state index is 0.513. The molecule has 0 spiro atoms. The van der Waals surface area contributed by atoms with Gasteiger partial charge < -0.3 is 9.30 Å². The van der Waals surface area contributed by atoms with E-state index in [2.05, 4.69) is 21.7 Å². The van der Waals surface area contributed by atoms with Crippen LogP contribution in [0.4, 0.5) is 0 Å². The third-order valence-corrected chi connectivity index (χ3v) is 2.62. The number of rotatable bonds is 6. The van der Waals surface area contributed by atoms with Gasteiger partial charge in [0.25, 0.3) is 0 Å². The smallest absolute Gasteiger partial charge is 0.119 e. The van der Waals surface area contributed by atoms with Gasteiger partial charge in [0.2, 0.25) is 0 Å². The van der Waals surface area contributed by atoms with Crippen molar-refractivity contribution in [1.29, 1.82) is 0 Å². The number of imidazole rings is 1. The van der Waals surface area contributed by atoms with E-state index in [1.807, 2.05) is 24.7 Å². The Labute approximate surface area is 106 Å². The van der Waals surface area contributed by atoms with Crippen molar-refractivity contribution in [2.75, 3.05) is 12.5 Å². The van der Waals surface area contributed by atoms with E-state index in [-0.39, 0.29) is 0 Å². The molecule has 17 heavy (non-hydrogen) atoms. The van der Waals surface area contributed by atoms with Gasteiger partial charge in [-0.15, -0.1) is 11.6 Å².